The Morgan fingerprint density at radius 1 is 0.921 bits per heavy atom. The third-order valence-electron chi connectivity index (χ3n) is 6.88. The fraction of sp³-hybridized carbons (Fsp3) is 0.303. The average molecular weight is 526 g/mol. The predicted octanol–water partition coefficient (Wildman–Crippen LogP) is 8.96. The first-order valence-electron chi connectivity index (χ1n) is 12.9. The molecule has 0 fully saturated rings. The Labute approximate surface area is 229 Å². The minimum absolute atomic E-state index is 0.00399. The molecule has 38 heavy (non-hydrogen) atoms. The smallest absolute Gasteiger partial charge is 0.129 e. The van der Waals surface area contributed by atoms with Crippen molar-refractivity contribution >= 4 is 39.5 Å². The highest BCUT2D eigenvalue weighted by Gasteiger charge is 2.41. The van der Waals surface area contributed by atoms with Crippen LogP contribution in [0.3, 0.4) is 0 Å². The molecule has 0 N–H and O–H groups in total. The summed E-state index contributed by atoms with van der Waals surface area (Å²) < 4.78 is 18.9. The van der Waals surface area contributed by atoms with E-state index in [1.165, 1.54) is 10.3 Å². The molecule has 5 rings (SSSR count). The summed E-state index contributed by atoms with van der Waals surface area (Å²) in [5, 5.41) is 0.957. The highest BCUT2D eigenvalue weighted by atomic mass is 32.1. The highest BCUT2D eigenvalue weighted by Crippen LogP contribution is 2.50. The molecule has 0 amide bonds. The number of methoxy groups -OCH3 is 2. The maximum atomic E-state index is 6.30. The second kappa shape index (κ2) is 9.95. The van der Waals surface area contributed by atoms with Crippen molar-refractivity contribution in [3.8, 4) is 22.1 Å². The zero-order chi connectivity index (χ0) is 27.1. The number of nitrogens with zero attached hydrogens (tertiary/aromatic N) is 1. The molecular weight excluding hydrogens is 490 g/mol. The van der Waals surface area contributed by atoms with Crippen LogP contribution in [-0.4, -0.2) is 25.8 Å². The molecule has 0 saturated carbocycles. The first-order valence-corrected chi connectivity index (χ1v) is 13.7. The van der Waals surface area contributed by atoms with Crippen LogP contribution in [0.25, 0.3) is 38.7 Å². The van der Waals surface area contributed by atoms with Gasteiger partial charge in [-0.1, -0.05) is 65.0 Å². The number of thiazole rings is 1. The Bertz CT molecular complexity index is 1520. The molecule has 2 heterocycles. The fourth-order valence-electron chi connectivity index (χ4n) is 5.42. The maximum Gasteiger partial charge on any atom is 0.129 e. The number of rotatable bonds is 6. The monoisotopic (exact) mass is 525 g/mol. The van der Waals surface area contributed by atoms with Crippen molar-refractivity contribution in [3.63, 3.8) is 0 Å². The van der Waals surface area contributed by atoms with Crippen molar-refractivity contribution < 1.29 is 14.2 Å². The van der Waals surface area contributed by atoms with E-state index in [1.807, 2.05) is 24.3 Å². The summed E-state index contributed by atoms with van der Waals surface area (Å²) >= 11 is 1.68. The summed E-state index contributed by atoms with van der Waals surface area (Å²) in [5.74, 6) is 2.58. The van der Waals surface area contributed by atoms with Crippen LogP contribution >= 0.6 is 11.3 Å². The van der Waals surface area contributed by atoms with Crippen LogP contribution in [0.4, 0.5) is 0 Å². The second-order valence-electron chi connectivity index (χ2n) is 11.4. The first-order chi connectivity index (χ1) is 18.1. The third kappa shape index (κ3) is 5.08. The van der Waals surface area contributed by atoms with Crippen LogP contribution < -0.4 is 9.47 Å². The second-order valence-corrected chi connectivity index (χ2v) is 12.4. The summed E-state index contributed by atoms with van der Waals surface area (Å²) in [6.45, 7) is 12.0. The molecule has 4 nitrogen and oxygen atoms in total. The van der Waals surface area contributed by atoms with Crippen molar-refractivity contribution in [1.29, 1.82) is 0 Å². The molecule has 0 aliphatic carbocycles. The van der Waals surface area contributed by atoms with Crippen molar-refractivity contribution in [2.75, 3.05) is 20.8 Å². The Hall–Kier alpha value is -3.57. The van der Waals surface area contributed by atoms with Gasteiger partial charge in [-0.25, -0.2) is 4.98 Å². The van der Waals surface area contributed by atoms with Gasteiger partial charge in [0.25, 0.3) is 0 Å². The third-order valence-corrected chi connectivity index (χ3v) is 7.95. The molecule has 5 heteroatoms. The van der Waals surface area contributed by atoms with Gasteiger partial charge in [0.1, 0.15) is 22.3 Å². The van der Waals surface area contributed by atoms with Crippen LogP contribution in [0.1, 0.15) is 51.3 Å². The van der Waals surface area contributed by atoms with Crippen LogP contribution in [0.2, 0.25) is 0 Å². The normalized spacial score (nSPS) is 15.3. The molecule has 0 saturated heterocycles. The lowest BCUT2D eigenvalue weighted by Gasteiger charge is -2.31. The van der Waals surface area contributed by atoms with Crippen LogP contribution in [-0.2, 0) is 4.74 Å². The number of hydrogen-bond acceptors (Lipinski definition) is 5. The van der Waals surface area contributed by atoms with Crippen molar-refractivity contribution in [2.45, 2.75) is 34.6 Å². The van der Waals surface area contributed by atoms with E-state index in [4.69, 9.17) is 19.2 Å². The molecule has 196 valence electrons. The van der Waals surface area contributed by atoms with Gasteiger partial charge in [-0.05, 0) is 64.6 Å². The lowest BCUT2D eigenvalue weighted by molar-refractivity contribution is 0.213. The summed E-state index contributed by atoms with van der Waals surface area (Å²) in [6, 6.07) is 20.7. The molecule has 3 aromatic carbocycles. The minimum atomic E-state index is -0.0196. The van der Waals surface area contributed by atoms with Crippen molar-refractivity contribution in [3.05, 3.63) is 82.9 Å². The summed E-state index contributed by atoms with van der Waals surface area (Å²) in [6.07, 6.45) is 4.21. The topological polar surface area (TPSA) is 40.6 Å². The molecular formula is C33H35NO3S. The van der Waals surface area contributed by atoms with E-state index in [1.54, 1.807) is 25.6 Å². The van der Waals surface area contributed by atoms with Crippen molar-refractivity contribution in [1.82, 2.24) is 4.98 Å². The van der Waals surface area contributed by atoms with Gasteiger partial charge >= 0.3 is 0 Å². The molecule has 1 aromatic heterocycles. The van der Waals surface area contributed by atoms with Gasteiger partial charge in [0.15, 0.2) is 0 Å². The van der Waals surface area contributed by atoms with Crippen LogP contribution in [0.5, 0.6) is 11.5 Å². The van der Waals surface area contributed by atoms with Gasteiger partial charge in [-0.2, -0.15) is 0 Å². The maximum absolute atomic E-state index is 6.30. The number of ether oxygens (including phenoxy) is 3. The number of aromatic nitrogens is 1. The standard InChI is InChI=1S/C33H35NO3S/c1-32(2,3)30-29(37-20-33(30,4)5)23-16-22(17-24(19-23)35-6)13-12-21-14-15-25(27(18-21)36-7)31-34-26-10-8-9-11-28(26)38-31/h8-19H,20H2,1-7H3/b13-12-. The van der Waals surface area contributed by atoms with Crippen LogP contribution in [0.15, 0.2) is 66.2 Å². The average Bonchev–Trinajstić information content (AvgIpc) is 3.47. The predicted molar refractivity (Wildman–Crippen MR) is 160 cm³/mol. The number of fused-ring (bicyclic) bond motifs is 1. The van der Waals surface area contributed by atoms with E-state index in [0.717, 1.165) is 50.0 Å². The van der Waals surface area contributed by atoms with Gasteiger partial charge < -0.3 is 14.2 Å². The van der Waals surface area contributed by atoms with Gasteiger partial charge in [0.05, 0.1) is 36.6 Å². The molecule has 4 aromatic rings. The van der Waals surface area contributed by atoms with E-state index in [2.05, 4.69) is 83.2 Å². The lowest BCUT2D eigenvalue weighted by atomic mass is 9.71. The van der Waals surface area contributed by atoms with Gasteiger partial charge in [-0.3, -0.25) is 0 Å². The molecule has 0 atom stereocenters. The highest BCUT2D eigenvalue weighted by molar-refractivity contribution is 7.21. The van der Waals surface area contributed by atoms with Gasteiger partial charge in [0, 0.05) is 11.0 Å². The number of hydrogen-bond donors (Lipinski definition) is 0. The zero-order valence-electron chi connectivity index (χ0n) is 23.2. The summed E-state index contributed by atoms with van der Waals surface area (Å²) in [7, 11) is 3.41. The summed E-state index contributed by atoms with van der Waals surface area (Å²) in [5.41, 5.74) is 6.45. The SMILES string of the molecule is COc1cc(/C=C\c2ccc(-c3nc4ccccc4s3)c(OC)c2)cc(C2=C(C(C)(C)C)C(C)(C)CO2)c1. The van der Waals surface area contributed by atoms with E-state index in [0.29, 0.717) is 6.61 Å². The van der Waals surface area contributed by atoms with Crippen LogP contribution in [0, 0.1) is 10.8 Å². The fourth-order valence-corrected chi connectivity index (χ4v) is 6.42. The van der Waals surface area contributed by atoms with Crippen molar-refractivity contribution in [2.24, 2.45) is 10.8 Å². The molecule has 1 aliphatic rings. The molecule has 0 bridgehead atoms. The van der Waals surface area contributed by atoms with Gasteiger partial charge in [-0.15, -0.1) is 11.3 Å². The Morgan fingerprint density at radius 2 is 1.68 bits per heavy atom. The first kappa shape index (κ1) is 26.1. The Balaban J connectivity index is 1.49. The number of benzene rings is 3. The Morgan fingerprint density at radius 3 is 2.39 bits per heavy atom. The molecule has 1 aliphatic heterocycles. The van der Waals surface area contributed by atoms with E-state index in [9.17, 15) is 0 Å². The Kier molecular flexibility index (Phi) is 6.83. The number of para-hydroxylation sites is 1. The zero-order valence-corrected chi connectivity index (χ0v) is 24.0. The molecule has 0 spiro atoms. The molecule has 0 unspecified atom stereocenters. The largest absolute Gasteiger partial charge is 0.497 e. The van der Waals surface area contributed by atoms with Gasteiger partial charge in [0.2, 0.25) is 0 Å². The minimum Gasteiger partial charge on any atom is -0.497 e. The lowest BCUT2D eigenvalue weighted by Crippen LogP contribution is -2.24. The molecule has 0 radical (unpaired) electrons. The van der Waals surface area contributed by atoms with E-state index < -0.39 is 0 Å². The quantitative estimate of drug-likeness (QED) is 0.236. The summed E-state index contributed by atoms with van der Waals surface area (Å²) in [4.78, 5) is 4.81. The van der Waals surface area contributed by atoms with E-state index in [-0.39, 0.29) is 10.8 Å². The van der Waals surface area contributed by atoms with E-state index >= 15 is 0 Å².